The van der Waals surface area contributed by atoms with Crippen LogP contribution in [0.15, 0.2) is 60.7 Å². The fraction of sp³-hybridized carbons (Fsp3) is 0.429. The molecule has 1 aliphatic heterocycles. The molecule has 23 heavy (non-hydrogen) atoms. The molecule has 4 atom stereocenters. The predicted molar refractivity (Wildman–Crippen MR) is 95.1 cm³/mol. The Balaban J connectivity index is 1.99. The number of aliphatic hydroxyl groups is 1. The molecule has 0 amide bonds. The summed E-state index contributed by atoms with van der Waals surface area (Å²) >= 11 is 0. The SMILES string of the molecule is CC(C)[C@@H]1[C@@H](c2ccccc2)N[C@H](c2ccccc2)C[C@@]1(C)O. The van der Waals surface area contributed by atoms with Crippen molar-refractivity contribution in [2.45, 2.75) is 44.9 Å². The molecule has 0 bridgehead atoms. The molecule has 2 aromatic carbocycles. The molecule has 0 radical (unpaired) electrons. The lowest BCUT2D eigenvalue weighted by Gasteiger charge is -2.49. The smallest absolute Gasteiger partial charge is 0.0686 e. The largest absolute Gasteiger partial charge is 0.390 e. The molecule has 0 unspecified atom stereocenters. The van der Waals surface area contributed by atoms with Crippen molar-refractivity contribution in [2.75, 3.05) is 0 Å². The van der Waals surface area contributed by atoms with Gasteiger partial charge in [-0.1, -0.05) is 74.5 Å². The first-order valence-electron chi connectivity index (χ1n) is 8.57. The van der Waals surface area contributed by atoms with Gasteiger partial charge in [-0.3, -0.25) is 0 Å². The van der Waals surface area contributed by atoms with E-state index in [0.29, 0.717) is 5.92 Å². The summed E-state index contributed by atoms with van der Waals surface area (Å²) in [5.41, 5.74) is 1.81. The number of piperidine rings is 1. The van der Waals surface area contributed by atoms with E-state index >= 15 is 0 Å². The average Bonchev–Trinajstić information content (AvgIpc) is 2.54. The van der Waals surface area contributed by atoms with Crippen LogP contribution < -0.4 is 5.32 Å². The summed E-state index contributed by atoms with van der Waals surface area (Å²) in [7, 11) is 0. The van der Waals surface area contributed by atoms with Gasteiger partial charge in [-0.05, 0) is 30.4 Å². The first-order chi connectivity index (χ1) is 11.0. The molecule has 2 aromatic rings. The van der Waals surface area contributed by atoms with Gasteiger partial charge in [0.2, 0.25) is 0 Å². The Bertz CT molecular complexity index is 621. The van der Waals surface area contributed by atoms with Crippen LogP contribution in [0.25, 0.3) is 0 Å². The van der Waals surface area contributed by atoms with E-state index in [1.165, 1.54) is 11.1 Å². The Hall–Kier alpha value is -1.64. The van der Waals surface area contributed by atoms with Gasteiger partial charge in [0.1, 0.15) is 0 Å². The number of nitrogens with one attached hydrogen (secondary N) is 1. The quantitative estimate of drug-likeness (QED) is 0.876. The highest BCUT2D eigenvalue weighted by molar-refractivity contribution is 5.26. The third-order valence-electron chi connectivity index (χ3n) is 5.15. The van der Waals surface area contributed by atoms with Crippen LogP contribution in [0.4, 0.5) is 0 Å². The molecule has 0 saturated carbocycles. The van der Waals surface area contributed by atoms with Gasteiger partial charge < -0.3 is 10.4 Å². The van der Waals surface area contributed by atoms with Crippen molar-refractivity contribution in [3.05, 3.63) is 71.8 Å². The van der Waals surface area contributed by atoms with Crippen LogP contribution in [0, 0.1) is 11.8 Å². The number of hydrogen-bond donors (Lipinski definition) is 2. The summed E-state index contributed by atoms with van der Waals surface area (Å²) in [5.74, 6) is 0.587. The minimum absolute atomic E-state index is 0.158. The van der Waals surface area contributed by atoms with Crippen LogP contribution >= 0.6 is 0 Å². The molecule has 2 nitrogen and oxygen atoms in total. The zero-order chi connectivity index (χ0) is 16.4. The lowest BCUT2D eigenvalue weighted by atomic mass is 9.67. The summed E-state index contributed by atoms with van der Waals surface area (Å²) < 4.78 is 0. The van der Waals surface area contributed by atoms with Crippen LogP contribution in [0.2, 0.25) is 0 Å². The number of benzene rings is 2. The molecule has 1 fully saturated rings. The maximum Gasteiger partial charge on any atom is 0.0686 e. The van der Waals surface area contributed by atoms with E-state index < -0.39 is 5.60 Å². The first-order valence-corrected chi connectivity index (χ1v) is 8.57. The minimum atomic E-state index is -0.694. The highest BCUT2D eigenvalue weighted by Crippen LogP contribution is 2.46. The van der Waals surface area contributed by atoms with Gasteiger partial charge in [0.25, 0.3) is 0 Å². The van der Waals surface area contributed by atoms with Gasteiger partial charge in [0.15, 0.2) is 0 Å². The van der Waals surface area contributed by atoms with Crippen LogP contribution in [0.3, 0.4) is 0 Å². The molecule has 2 N–H and O–H groups in total. The Morgan fingerprint density at radius 3 is 2.00 bits per heavy atom. The van der Waals surface area contributed by atoms with Crippen molar-refractivity contribution in [1.29, 1.82) is 0 Å². The fourth-order valence-corrected chi connectivity index (χ4v) is 4.25. The molecule has 1 heterocycles. The third-order valence-corrected chi connectivity index (χ3v) is 5.15. The van der Waals surface area contributed by atoms with Crippen LogP contribution in [0.5, 0.6) is 0 Å². The van der Waals surface area contributed by atoms with Crippen LogP contribution in [0.1, 0.15) is 50.4 Å². The second-order valence-electron chi connectivity index (χ2n) is 7.35. The topological polar surface area (TPSA) is 32.3 Å². The van der Waals surface area contributed by atoms with Gasteiger partial charge in [0.05, 0.1) is 5.60 Å². The van der Waals surface area contributed by atoms with E-state index in [1.54, 1.807) is 0 Å². The molecule has 122 valence electrons. The normalized spacial score (nSPS) is 31.3. The summed E-state index contributed by atoms with van der Waals surface area (Å²) in [6.07, 6.45) is 0.739. The highest BCUT2D eigenvalue weighted by atomic mass is 16.3. The first kappa shape index (κ1) is 16.2. The molecule has 1 saturated heterocycles. The monoisotopic (exact) mass is 309 g/mol. The lowest BCUT2D eigenvalue weighted by molar-refractivity contribution is -0.0783. The van der Waals surface area contributed by atoms with Gasteiger partial charge in [-0.15, -0.1) is 0 Å². The maximum atomic E-state index is 11.2. The number of rotatable bonds is 3. The van der Waals surface area contributed by atoms with Crippen molar-refractivity contribution in [3.8, 4) is 0 Å². The van der Waals surface area contributed by atoms with Crippen molar-refractivity contribution in [1.82, 2.24) is 5.32 Å². The number of hydrogen-bond acceptors (Lipinski definition) is 2. The summed E-state index contributed by atoms with van der Waals surface area (Å²) in [5, 5.41) is 15.0. The summed E-state index contributed by atoms with van der Waals surface area (Å²) in [6.45, 7) is 6.42. The summed E-state index contributed by atoms with van der Waals surface area (Å²) in [4.78, 5) is 0. The van der Waals surface area contributed by atoms with Gasteiger partial charge in [-0.25, -0.2) is 0 Å². The molecular weight excluding hydrogens is 282 g/mol. The van der Waals surface area contributed by atoms with E-state index in [4.69, 9.17) is 0 Å². The van der Waals surface area contributed by atoms with Gasteiger partial charge >= 0.3 is 0 Å². The fourth-order valence-electron chi connectivity index (χ4n) is 4.25. The zero-order valence-electron chi connectivity index (χ0n) is 14.2. The molecule has 1 aliphatic rings. The van der Waals surface area contributed by atoms with Crippen LogP contribution in [-0.2, 0) is 0 Å². The highest BCUT2D eigenvalue weighted by Gasteiger charge is 2.46. The van der Waals surface area contributed by atoms with E-state index in [1.807, 2.05) is 19.1 Å². The van der Waals surface area contributed by atoms with Crippen molar-refractivity contribution >= 4 is 0 Å². The predicted octanol–water partition coefficient (Wildman–Crippen LogP) is 4.49. The summed E-state index contributed by atoms with van der Waals surface area (Å²) in [6, 6.07) is 21.3. The average molecular weight is 309 g/mol. The molecule has 2 heteroatoms. The Labute approximate surface area is 139 Å². The maximum absolute atomic E-state index is 11.2. The Kier molecular flexibility index (Phi) is 4.56. The van der Waals surface area contributed by atoms with Gasteiger partial charge in [-0.2, -0.15) is 0 Å². The van der Waals surface area contributed by atoms with Crippen LogP contribution in [-0.4, -0.2) is 10.7 Å². The second kappa shape index (κ2) is 6.46. The molecule has 3 rings (SSSR count). The zero-order valence-corrected chi connectivity index (χ0v) is 14.2. The minimum Gasteiger partial charge on any atom is -0.390 e. The Morgan fingerprint density at radius 1 is 0.957 bits per heavy atom. The standard InChI is InChI=1S/C21H27NO/c1-15(2)19-20(17-12-8-5-9-13-17)22-18(14-21(19,3)23)16-10-6-4-7-11-16/h4-13,15,18-20,22-23H,14H2,1-3H3/t18-,19+,20+,21+/m0/s1. The molecule has 0 aromatic heterocycles. The van der Waals surface area contributed by atoms with E-state index in [9.17, 15) is 5.11 Å². The van der Waals surface area contributed by atoms with Crippen molar-refractivity contribution in [2.24, 2.45) is 11.8 Å². The van der Waals surface area contributed by atoms with E-state index in [0.717, 1.165) is 6.42 Å². The Morgan fingerprint density at radius 2 is 1.48 bits per heavy atom. The second-order valence-corrected chi connectivity index (χ2v) is 7.35. The van der Waals surface area contributed by atoms with Gasteiger partial charge in [0, 0.05) is 18.0 Å². The molecule has 0 aliphatic carbocycles. The van der Waals surface area contributed by atoms with Crippen molar-refractivity contribution in [3.63, 3.8) is 0 Å². The third kappa shape index (κ3) is 3.34. The van der Waals surface area contributed by atoms with E-state index in [-0.39, 0.29) is 18.0 Å². The van der Waals surface area contributed by atoms with E-state index in [2.05, 4.69) is 67.7 Å². The molecular formula is C21H27NO. The lowest BCUT2D eigenvalue weighted by Crippen LogP contribution is -2.53. The molecule has 0 spiro atoms. The van der Waals surface area contributed by atoms with Crippen molar-refractivity contribution < 1.29 is 5.11 Å².